The first kappa shape index (κ1) is 19.9. The van der Waals surface area contributed by atoms with E-state index in [0.717, 1.165) is 5.56 Å². The SMILES string of the molecule is CCOC(=O)/C(C(C)=Nc1ccccc1)=C(\O)C(C#N)Cc1ccccc1. The predicted molar refractivity (Wildman–Crippen MR) is 105 cm³/mol. The maximum Gasteiger partial charge on any atom is 0.343 e. The van der Waals surface area contributed by atoms with E-state index in [-0.39, 0.29) is 24.4 Å². The van der Waals surface area contributed by atoms with Crippen molar-refractivity contribution in [2.45, 2.75) is 20.3 Å². The fourth-order valence-electron chi connectivity index (χ4n) is 2.62. The van der Waals surface area contributed by atoms with Crippen LogP contribution in [0.3, 0.4) is 0 Å². The number of benzene rings is 2. The molecule has 5 nitrogen and oxygen atoms in total. The zero-order chi connectivity index (χ0) is 19.6. The number of para-hydroxylation sites is 1. The molecule has 1 N–H and O–H groups in total. The third-order valence-electron chi connectivity index (χ3n) is 3.92. The van der Waals surface area contributed by atoms with Gasteiger partial charge < -0.3 is 9.84 Å². The van der Waals surface area contributed by atoms with Crippen LogP contribution in [0, 0.1) is 17.2 Å². The molecule has 0 heterocycles. The monoisotopic (exact) mass is 362 g/mol. The van der Waals surface area contributed by atoms with E-state index in [1.165, 1.54) is 0 Å². The van der Waals surface area contributed by atoms with Crippen molar-refractivity contribution >= 4 is 17.4 Å². The first-order valence-corrected chi connectivity index (χ1v) is 8.71. The molecule has 0 spiro atoms. The Morgan fingerprint density at radius 3 is 2.30 bits per heavy atom. The zero-order valence-electron chi connectivity index (χ0n) is 15.4. The third kappa shape index (κ3) is 5.55. The molecule has 0 aliphatic rings. The lowest BCUT2D eigenvalue weighted by molar-refractivity contribution is -0.138. The number of hydrogen-bond acceptors (Lipinski definition) is 5. The minimum absolute atomic E-state index is 0.0665. The molecule has 1 unspecified atom stereocenters. The van der Waals surface area contributed by atoms with E-state index in [4.69, 9.17) is 4.74 Å². The number of hydrogen-bond donors (Lipinski definition) is 1. The Morgan fingerprint density at radius 2 is 1.74 bits per heavy atom. The average Bonchev–Trinajstić information content (AvgIpc) is 2.68. The summed E-state index contributed by atoms with van der Waals surface area (Å²) < 4.78 is 5.08. The average molecular weight is 362 g/mol. The highest BCUT2D eigenvalue weighted by Gasteiger charge is 2.26. The Bertz CT molecular complexity index is 865. The van der Waals surface area contributed by atoms with Gasteiger partial charge in [-0.1, -0.05) is 48.5 Å². The van der Waals surface area contributed by atoms with Crippen LogP contribution in [0.2, 0.25) is 0 Å². The maximum absolute atomic E-state index is 12.5. The number of carbonyl (C=O) groups excluding carboxylic acids is 1. The van der Waals surface area contributed by atoms with Crippen molar-refractivity contribution < 1.29 is 14.6 Å². The molecule has 0 aromatic heterocycles. The summed E-state index contributed by atoms with van der Waals surface area (Å²) in [4.78, 5) is 16.9. The minimum Gasteiger partial charge on any atom is -0.510 e. The molecule has 0 amide bonds. The highest BCUT2D eigenvalue weighted by Crippen LogP contribution is 2.22. The quantitative estimate of drug-likeness (QED) is 0.339. The number of nitrogens with zero attached hydrogens (tertiary/aromatic N) is 2. The number of nitriles is 1. The second kappa shape index (κ2) is 9.93. The molecule has 138 valence electrons. The van der Waals surface area contributed by atoms with E-state index in [0.29, 0.717) is 11.4 Å². The van der Waals surface area contributed by atoms with Crippen molar-refractivity contribution in [1.82, 2.24) is 0 Å². The van der Waals surface area contributed by atoms with Crippen LogP contribution in [0.1, 0.15) is 19.4 Å². The normalized spacial score (nSPS) is 13.3. The van der Waals surface area contributed by atoms with Crippen LogP contribution < -0.4 is 0 Å². The van der Waals surface area contributed by atoms with Crippen LogP contribution in [0.5, 0.6) is 0 Å². The number of ether oxygens (including phenoxy) is 1. The van der Waals surface area contributed by atoms with Crippen molar-refractivity contribution in [2.24, 2.45) is 10.9 Å². The second-order valence-electron chi connectivity index (χ2n) is 5.88. The predicted octanol–water partition coefficient (Wildman–Crippen LogP) is 4.54. The van der Waals surface area contributed by atoms with Crippen molar-refractivity contribution in [3.63, 3.8) is 0 Å². The molecule has 27 heavy (non-hydrogen) atoms. The van der Waals surface area contributed by atoms with Crippen molar-refractivity contribution in [1.29, 1.82) is 5.26 Å². The van der Waals surface area contributed by atoms with Crippen molar-refractivity contribution in [2.75, 3.05) is 6.61 Å². The van der Waals surface area contributed by atoms with Crippen LogP contribution in [-0.4, -0.2) is 23.4 Å². The molecular weight excluding hydrogens is 340 g/mol. The second-order valence-corrected chi connectivity index (χ2v) is 5.88. The molecule has 0 aliphatic heterocycles. The number of esters is 1. The topological polar surface area (TPSA) is 82.7 Å². The van der Waals surface area contributed by atoms with Gasteiger partial charge in [-0.25, -0.2) is 4.79 Å². The summed E-state index contributed by atoms with van der Waals surface area (Å²) in [6.45, 7) is 3.46. The minimum atomic E-state index is -0.882. The molecule has 0 bridgehead atoms. The largest absolute Gasteiger partial charge is 0.510 e. The summed E-state index contributed by atoms with van der Waals surface area (Å²) in [5.74, 6) is -1.90. The highest BCUT2D eigenvalue weighted by molar-refractivity contribution is 6.19. The van der Waals surface area contributed by atoms with Crippen LogP contribution in [-0.2, 0) is 16.0 Å². The van der Waals surface area contributed by atoms with Crippen LogP contribution >= 0.6 is 0 Å². The van der Waals surface area contributed by atoms with Gasteiger partial charge in [-0.2, -0.15) is 5.26 Å². The van der Waals surface area contributed by atoms with Crippen LogP contribution in [0.4, 0.5) is 5.69 Å². The number of aliphatic hydroxyl groups excluding tert-OH is 1. The van der Waals surface area contributed by atoms with Gasteiger partial charge in [0.15, 0.2) is 0 Å². The molecule has 0 radical (unpaired) electrons. The van der Waals surface area contributed by atoms with Crippen molar-refractivity contribution in [3.05, 3.63) is 77.6 Å². The van der Waals surface area contributed by atoms with Crippen molar-refractivity contribution in [3.8, 4) is 6.07 Å². The standard InChI is InChI=1S/C22H22N2O3/c1-3-27-22(26)20(16(2)24-19-12-8-5-9-13-19)21(25)18(15-23)14-17-10-6-4-7-11-17/h4-13,18,25H,3,14H2,1-2H3/b21-20-,24-16?. The number of aliphatic imine (C=N–C) groups is 1. The zero-order valence-corrected chi connectivity index (χ0v) is 15.4. The Hall–Kier alpha value is -3.39. The van der Waals surface area contributed by atoms with Gasteiger partial charge >= 0.3 is 5.97 Å². The molecule has 0 fully saturated rings. The maximum atomic E-state index is 12.5. The van der Waals surface area contributed by atoms with Gasteiger partial charge in [-0.15, -0.1) is 0 Å². The fraction of sp³-hybridized carbons (Fsp3) is 0.227. The van der Waals surface area contributed by atoms with Crippen LogP contribution in [0.15, 0.2) is 77.0 Å². The number of allylic oxidation sites excluding steroid dienone is 1. The summed E-state index contributed by atoms with van der Waals surface area (Å²) in [5.41, 5.74) is 1.76. The number of rotatable bonds is 7. The summed E-state index contributed by atoms with van der Waals surface area (Å²) in [7, 11) is 0. The Kier molecular flexibility index (Phi) is 7.33. The van der Waals surface area contributed by atoms with Crippen LogP contribution in [0.25, 0.3) is 0 Å². The van der Waals surface area contributed by atoms with Gasteiger partial charge in [0.25, 0.3) is 0 Å². The molecule has 0 aliphatic carbocycles. The summed E-state index contributed by atoms with van der Waals surface area (Å²) in [6, 6.07) is 20.5. The fourth-order valence-corrected chi connectivity index (χ4v) is 2.62. The van der Waals surface area contributed by atoms with Gasteiger partial charge in [0.05, 0.1) is 24.1 Å². The summed E-state index contributed by atoms with van der Waals surface area (Å²) in [5, 5.41) is 20.3. The van der Waals surface area contributed by atoms with E-state index in [2.05, 4.69) is 11.1 Å². The molecule has 1 atom stereocenters. The molecule has 2 aromatic carbocycles. The van der Waals surface area contributed by atoms with E-state index >= 15 is 0 Å². The van der Waals surface area contributed by atoms with E-state index in [9.17, 15) is 15.2 Å². The van der Waals surface area contributed by atoms with E-state index in [1.54, 1.807) is 26.0 Å². The summed E-state index contributed by atoms with van der Waals surface area (Å²) in [6.07, 6.45) is 0.282. The lowest BCUT2D eigenvalue weighted by Crippen LogP contribution is -2.20. The van der Waals surface area contributed by atoms with E-state index in [1.807, 2.05) is 48.5 Å². The van der Waals surface area contributed by atoms with Gasteiger partial charge in [0.2, 0.25) is 0 Å². The van der Waals surface area contributed by atoms with E-state index < -0.39 is 11.9 Å². The first-order valence-electron chi connectivity index (χ1n) is 8.71. The lowest BCUT2D eigenvalue weighted by Gasteiger charge is -2.14. The lowest BCUT2D eigenvalue weighted by atomic mass is 9.94. The molecular formula is C22H22N2O3. The highest BCUT2D eigenvalue weighted by atomic mass is 16.5. The molecule has 0 saturated heterocycles. The third-order valence-corrected chi connectivity index (χ3v) is 3.92. The summed E-state index contributed by atoms with van der Waals surface area (Å²) >= 11 is 0. The van der Waals surface area contributed by atoms with Gasteiger partial charge in [-0.3, -0.25) is 4.99 Å². The first-order chi connectivity index (χ1) is 13.1. The van der Waals surface area contributed by atoms with Gasteiger partial charge in [-0.05, 0) is 38.0 Å². The molecule has 2 aromatic rings. The smallest absolute Gasteiger partial charge is 0.343 e. The number of aliphatic hydroxyl groups is 1. The van der Waals surface area contributed by atoms with Gasteiger partial charge in [0.1, 0.15) is 17.3 Å². The van der Waals surface area contributed by atoms with Gasteiger partial charge in [0, 0.05) is 0 Å². The Balaban J connectivity index is 2.44. The molecule has 0 saturated carbocycles. The Morgan fingerprint density at radius 1 is 1.15 bits per heavy atom. The Labute approximate surface area is 159 Å². The molecule has 2 rings (SSSR count). The number of carbonyl (C=O) groups is 1. The molecule has 5 heteroatoms.